The molecule has 2 nitrogen and oxygen atoms in total. The molecule has 0 saturated carbocycles. The molecule has 1 unspecified atom stereocenters. The van der Waals surface area contributed by atoms with Crippen LogP contribution < -0.4 is 0 Å². The molecule has 0 radical (unpaired) electrons. The lowest BCUT2D eigenvalue weighted by atomic mass is 10.1. The average molecular weight is 295 g/mol. The smallest absolute Gasteiger partial charge is 0.148 e. The predicted molar refractivity (Wildman–Crippen MR) is 62.5 cm³/mol. The molecule has 0 fully saturated rings. The van der Waals surface area contributed by atoms with Crippen LogP contribution in [0.2, 0.25) is 0 Å². The Morgan fingerprint density at radius 3 is 2.67 bits per heavy atom. The van der Waals surface area contributed by atoms with E-state index in [4.69, 9.17) is 0 Å². The topological polar surface area (TPSA) is 34.1 Å². The fourth-order valence-corrected chi connectivity index (χ4v) is 3.90. The summed E-state index contributed by atoms with van der Waals surface area (Å²) in [4.78, 5) is -0.172. The maximum absolute atomic E-state index is 12.8. The molecule has 0 amide bonds. The van der Waals surface area contributed by atoms with Gasteiger partial charge in [-0.05, 0) is 24.1 Å². The van der Waals surface area contributed by atoms with E-state index >= 15 is 0 Å². The normalized spacial score (nSPS) is 13.8. The molecule has 1 aromatic carbocycles. The summed E-state index contributed by atoms with van der Waals surface area (Å²) in [5, 5.41) is 0. The van der Waals surface area contributed by atoms with Crippen LogP contribution in [0, 0.1) is 5.82 Å². The first kappa shape index (κ1) is 12.6. The van der Waals surface area contributed by atoms with E-state index in [-0.39, 0.29) is 16.4 Å². The van der Waals surface area contributed by atoms with E-state index in [1.54, 1.807) is 12.1 Å². The maximum Gasteiger partial charge on any atom is 0.148 e. The Morgan fingerprint density at radius 2 is 2.13 bits per heavy atom. The molecule has 0 spiro atoms. The number of rotatable bonds is 4. The Morgan fingerprint density at radius 1 is 1.47 bits per heavy atom. The van der Waals surface area contributed by atoms with Crippen molar-refractivity contribution in [1.82, 2.24) is 0 Å². The molecule has 1 rings (SSSR count). The zero-order valence-electron chi connectivity index (χ0n) is 8.28. The van der Waals surface area contributed by atoms with Crippen LogP contribution in [0.3, 0.4) is 0 Å². The van der Waals surface area contributed by atoms with Gasteiger partial charge in [-0.3, -0.25) is 0 Å². The second-order valence-corrected chi connectivity index (χ2v) is 7.00. The van der Waals surface area contributed by atoms with E-state index < -0.39 is 9.84 Å². The molecule has 0 N–H and O–H groups in total. The molecule has 1 atom stereocenters. The third-order valence-corrected chi connectivity index (χ3v) is 3.91. The molecule has 1 aromatic rings. The highest BCUT2D eigenvalue weighted by molar-refractivity contribution is 9.09. The number of halogens is 2. The molecule has 0 heterocycles. The molecule has 84 valence electrons. The van der Waals surface area contributed by atoms with Gasteiger partial charge in [0.15, 0.2) is 0 Å². The number of hydrogen-bond donors (Lipinski definition) is 0. The van der Waals surface area contributed by atoms with Crippen molar-refractivity contribution in [3.63, 3.8) is 0 Å². The molecule has 15 heavy (non-hydrogen) atoms. The van der Waals surface area contributed by atoms with Crippen LogP contribution >= 0.6 is 15.9 Å². The van der Waals surface area contributed by atoms with E-state index in [2.05, 4.69) is 15.9 Å². The number of benzene rings is 1. The molecule has 0 aliphatic heterocycles. The Bertz CT molecular complexity index is 431. The first-order chi connectivity index (χ1) is 6.87. The minimum Gasteiger partial charge on any atom is -0.229 e. The van der Waals surface area contributed by atoms with E-state index in [1.807, 2.05) is 0 Å². The predicted octanol–water partition coefficient (Wildman–Crippen LogP) is 2.18. The fourth-order valence-electron chi connectivity index (χ4n) is 1.31. The van der Waals surface area contributed by atoms with E-state index in [0.29, 0.717) is 6.42 Å². The van der Waals surface area contributed by atoms with Gasteiger partial charge in [-0.15, -0.1) is 0 Å². The van der Waals surface area contributed by atoms with Crippen LogP contribution in [0.4, 0.5) is 4.39 Å². The van der Waals surface area contributed by atoms with Crippen LogP contribution in [0.25, 0.3) is 0 Å². The second-order valence-electron chi connectivity index (χ2n) is 3.52. The molecule has 0 saturated heterocycles. The van der Waals surface area contributed by atoms with Crippen LogP contribution in [-0.2, 0) is 16.3 Å². The van der Waals surface area contributed by atoms with Gasteiger partial charge in [0, 0.05) is 11.1 Å². The Balaban J connectivity index is 2.63. The first-order valence-electron chi connectivity index (χ1n) is 4.43. The van der Waals surface area contributed by atoms with Crippen molar-refractivity contribution in [2.24, 2.45) is 0 Å². The van der Waals surface area contributed by atoms with Gasteiger partial charge in [0.1, 0.15) is 15.7 Å². The summed E-state index contributed by atoms with van der Waals surface area (Å²) >= 11 is 3.27. The Labute approximate surface area is 97.5 Å². The average Bonchev–Trinajstić information content (AvgIpc) is 1.99. The van der Waals surface area contributed by atoms with E-state index in [9.17, 15) is 12.8 Å². The van der Waals surface area contributed by atoms with E-state index in [0.717, 1.165) is 5.56 Å². The van der Waals surface area contributed by atoms with Gasteiger partial charge in [-0.1, -0.05) is 28.1 Å². The summed E-state index contributed by atoms with van der Waals surface area (Å²) in [6, 6.07) is 6.17. The summed E-state index contributed by atoms with van der Waals surface area (Å²) < 4.78 is 34.8. The lowest BCUT2D eigenvalue weighted by molar-refractivity contribution is 0.600. The molecule has 0 aliphatic rings. The zero-order chi connectivity index (χ0) is 11.5. The van der Waals surface area contributed by atoms with Gasteiger partial charge in [-0.2, -0.15) is 0 Å². The fraction of sp³-hybridized carbons (Fsp3) is 0.400. The lowest BCUT2D eigenvalue weighted by Crippen LogP contribution is -2.16. The van der Waals surface area contributed by atoms with Crippen LogP contribution in [-0.4, -0.2) is 25.3 Å². The van der Waals surface area contributed by atoms with E-state index in [1.165, 1.54) is 18.4 Å². The molecule has 0 aliphatic carbocycles. The van der Waals surface area contributed by atoms with Crippen molar-refractivity contribution in [2.75, 3.05) is 12.0 Å². The van der Waals surface area contributed by atoms with Crippen LogP contribution in [0.1, 0.15) is 5.56 Å². The Kier molecular flexibility index (Phi) is 4.28. The van der Waals surface area contributed by atoms with Crippen LogP contribution in [0.15, 0.2) is 24.3 Å². The third kappa shape index (κ3) is 5.28. The summed E-state index contributed by atoms with van der Waals surface area (Å²) in [5.74, 6) is -0.240. The maximum atomic E-state index is 12.8. The molecular formula is C10H12BrFO2S. The summed E-state index contributed by atoms with van der Waals surface area (Å²) in [6.07, 6.45) is 1.69. The van der Waals surface area contributed by atoms with Gasteiger partial charge in [-0.25, -0.2) is 12.8 Å². The monoisotopic (exact) mass is 294 g/mol. The van der Waals surface area contributed by atoms with Crippen molar-refractivity contribution in [3.05, 3.63) is 35.6 Å². The molecular weight excluding hydrogens is 283 g/mol. The van der Waals surface area contributed by atoms with Gasteiger partial charge in [0.05, 0.1) is 5.75 Å². The van der Waals surface area contributed by atoms with Crippen molar-refractivity contribution in [1.29, 1.82) is 0 Å². The third-order valence-electron chi connectivity index (χ3n) is 1.83. The van der Waals surface area contributed by atoms with Gasteiger partial charge < -0.3 is 0 Å². The number of alkyl halides is 1. The van der Waals surface area contributed by atoms with Crippen molar-refractivity contribution >= 4 is 25.8 Å². The molecule has 0 bridgehead atoms. The summed E-state index contributed by atoms with van der Waals surface area (Å²) in [5.41, 5.74) is 0.792. The van der Waals surface area contributed by atoms with Crippen molar-refractivity contribution in [2.45, 2.75) is 11.2 Å². The quantitative estimate of drug-likeness (QED) is 0.798. The van der Waals surface area contributed by atoms with Crippen LogP contribution in [0.5, 0.6) is 0 Å². The molecule has 5 heteroatoms. The zero-order valence-corrected chi connectivity index (χ0v) is 10.7. The van der Waals surface area contributed by atoms with Gasteiger partial charge in [0.2, 0.25) is 0 Å². The summed E-state index contributed by atoms with van der Waals surface area (Å²) in [6.45, 7) is 0. The minimum atomic E-state index is -2.99. The highest BCUT2D eigenvalue weighted by atomic mass is 79.9. The highest BCUT2D eigenvalue weighted by Crippen LogP contribution is 2.13. The Hall–Kier alpha value is -0.420. The van der Waals surface area contributed by atoms with Crippen molar-refractivity contribution in [3.8, 4) is 0 Å². The minimum absolute atomic E-state index is 0.0590. The van der Waals surface area contributed by atoms with Crippen molar-refractivity contribution < 1.29 is 12.8 Å². The lowest BCUT2D eigenvalue weighted by Gasteiger charge is -2.08. The second kappa shape index (κ2) is 5.07. The largest absolute Gasteiger partial charge is 0.229 e. The number of sulfone groups is 1. The SMILES string of the molecule is CS(=O)(=O)CC(Br)Cc1cccc(F)c1. The highest BCUT2D eigenvalue weighted by Gasteiger charge is 2.12. The molecule has 0 aromatic heterocycles. The van der Waals surface area contributed by atoms with Gasteiger partial charge in [0.25, 0.3) is 0 Å². The standard InChI is InChI=1S/C10H12BrFO2S/c1-15(13,14)7-9(11)5-8-3-2-4-10(12)6-8/h2-4,6,9H,5,7H2,1H3. The van der Waals surface area contributed by atoms with Gasteiger partial charge >= 0.3 is 0 Å². The first-order valence-corrected chi connectivity index (χ1v) is 7.41. The number of hydrogen-bond acceptors (Lipinski definition) is 2. The summed E-state index contributed by atoms with van der Waals surface area (Å²) in [7, 11) is -2.99.